The van der Waals surface area contributed by atoms with Crippen LogP contribution >= 0.6 is 11.3 Å². The summed E-state index contributed by atoms with van der Waals surface area (Å²) in [6.45, 7) is 3.97. The van der Waals surface area contributed by atoms with Crippen molar-refractivity contribution >= 4 is 23.2 Å². The lowest BCUT2D eigenvalue weighted by Gasteiger charge is -2.15. The normalized spacial score (nSPS) is 11.7. The Morgan fingerprint density at radius 3 is 2.26 bits per heavy atom. The fourth-order valence-corrected chi connectivity index (χ4v) is 3.52. The number of thiophene rings is 1. The average molecular weight is 380 g/mol. The molecule has 0 bridgehead atoms. The van der Waals surface area contributed by atoms with Gasteiger partial charge in [-0.2, -0.15) is 0 Å². The number of amides is 2. The van der Waals surface area contributed by atoms with Crippen LogP contribution in [0.2, 0.25) is 0 Å². The first-order valence-corrected chi connectivity index (χ1v) is 9.31. The molecule has 1 unspecified atom stereocenters. The average Bonchev–Trinajstić information content (AvgIpc) is 3.18. The van der Waals surface area contributed by atoms with Crippen molar-refractivity contribution in [3.63, 3.8) is 0 Å². The Kier molecular flexibility index (Phi) is 5.69. The van der Waals surface area contributed by atoms with Gasteiger partial charge in [0.2, 0.25) is 0 Å². The van der Waals surface area contributed by atoms with Crippen LogP contribution in [-0.4, -0.2) is 17.0 Å². The predicted octanol–water partition coefficient (Wildman–Crippen LogP) is 4.33. The van der Waals surface area contributed by atoms with Gasteiger partial charge >= 0.3 is 0 Å². The summed E-state index contributed by atoms with van der Waals surface area (Å²) in [6, 6.07) is 19.2. The summed E-state index contributed by atoms with van der Waals surface area (Å²) >= 11 is 1.03. The van der Waals surface area contributed by atoms with Crippen LogP contribution in [0.4, 0.5) is 0 Å². The van der Waals surface area contributed by atoms with E-state index in [1.165, 1.54) is 11.6 Å². The van der Waals surface area contributed by atoms with E-state index < -0.39 is 5.91 Å². The molecule has 3 rings (SSSR count). The van der Waals surface area contributed by atoms with Gasteiger partial charge in [-0.25, -0.2) is 5.48 Å². The molecule has 2 amide bonds. The zero-order valence-electron chi connectivity index (χ0n) is 15.0. The van der Waals surface area contributed by atoms with Gasteiger partial charge in [0.1, 0.15) is 0 Å². The molecule has 1 aromatic heterocycles. The second-order valence-corrected chi connectivity index (χ2v) is 7.38. The van der Waals surface area contributed by atoms with Crippen LogP contribution in [0.25, 0.3) is 11.1 Å². The van der Waals surface area contributed by atoms with Crippen molar-refractivity contribution in [2.45, 2.75) is 19.9 Å². The van der Waals surface area contributed by atoms with E-state index in [9.17, 15) is 9.59 Å². The number of aryl methyl sites for hydroxylation is 1. The Morgan fingerprint density at radius 1 is 0.926 bits per heavy atom. The van der Waals surface area contributed by atoms with Crippen molar-refractivity contribution < 1.29 is 14.8 Å². The molecule has 0 fully saturated rings. The number of carbonyl (C=O) groups excluding carboxylic acids is 2. The van der Waals surface area contributed by atoms with Crippen LogP contribution in [0.15, 0.2) is 60.7 Å². The second kappa shape index (κ2) is 8.16. The van der Waals surface area contributed by atoms with Crippen LogP contribution < -0.4 is 10.8 Å². The van der Waals surface area contributed by atoms with E-state index in [0.717, 1.165) is 28.0 Å². The van der Waals surface area contributed by atoms with Gasteiger partial charge in [-0.15, -0.1) is 11.3 Å². The molecule has 0 saturated carbocycles. The lowest BCUT2D eigenvalue weighted by molar-refractivity contribution is 0.0711. The molecule has 2 aromatic carbocycles. The molecule has 6 heteroatoms. The van der Waals surface area contributed by atoms with E-state index in [1.54, 1.807) is 11.5 Å². The van der Waals surface area contributed by atoms with Gasteiger partial charge in [0.25, 0.3) is 11.8 Å². The molecule has 0 aliphatic rings. The Morgan fingerprint density at radius 2 is 1.59 bits per heavy atom. The summed E-state index contributed by atoms with van der Waals surface area (Å²) in [6.07, 6.45) is 0. The van der Waals surface area contributed by atoms with Crippen molar-refractivity contribution in [3.05, 3.63) is 81.5 Å². The fraction of sp³-hybridized carbons (Fsp3) is 0.143. The summed E-state index contributed by atoms with van der Waals surface area (Å²) in [4.78, 5) is 24.5. The lowest BCUT2D eigenvalue weighted by Crippen LogP contribution is -2.25. The number of hydrogen-bond acceptors (Lipinski definition) is 4. The topological polar surface area (TPSA) is 78.4 Å². The molecule has 3 aromatic rings. The smallest absolute Gasteiger partial charge is 0.284 e. The summed E-state index contributed by atoms with van der Waals surface area (Å²) in [7, 11) is 0. The lowest BCUT2D eigenvalue weighted by atomic mass is 9.99. The summed E-state index contributed by atoms with van der Waals surface area (Å²) in [5, 5.41) is 11.6. The van der Waals surface area contributed by atoms with Crippen molar-refractivity contribution in [3.8, 4) is 11.1 Å². The Balaban J connectivity index is 1.74. The summed E-state index contributed by atoms with van der Waals surface area (Å²) < 4.78 is 0. The van der Waals surface area contributed by atoms with Gasteiger partial charge < -0.3 is 5.32 Å². The number of hydroxylamine groups is 1. The zero-order chi connectivity index (χ0) is 19.4. The van der Waals surface area contributed by atoms with Crippen LogP contribution in [0, 0.1) is 6.92 Å². The van der Waals surface area contributed by atoms with E-state index in [-0.39, 0.29) is 16.8 Å². The molecule has 138 valence electrons. The maximum absolute atomic E-state index is 12.5. The van der Waals surface area contributed by atoms with Gasteiger partial charge in [-0.1, -0.05) is 48.0 Å². The Labute approximate surface area is 161 Å². The highest BCUT2D eigenvalue weighted by Crippen LogP contribution is 2.24. The van der Waals surface area contributed by atoms with E-state index >= 15 is 0 Å². The quantitative estimate of drug-likeness (QED) is 0.455. The second-order valence-electron chi connectivity index (χ2n) is 6.29. The molecular weight excluding hydrogens is 360 g/mol. The molecule has 0 spiro atoms. The number of carbonyl (C=O) groups is 2. The number of nitrogens with one attached hydrogen (secondary N) is 2. The van der Waals surface area contributed by atoms with Crippen LogP contribution in [0.3, 0.4) is 0 Å². The molecular formula is C21H20N2O3S. The highest BCUT2D eigenvalue weighted by Gasteiger charge is 2.16. The maximum atomic E-state index is 12.5. The van der Waals surface area contributed by atoms with Crippen LogP contribution in [0.5, 0.6) is 0 Å². The molecule has 1 atom stereocenters. The molecule has 27 heavy (non-hydrogen) atoms. The summed E-state index contributed by atoms with van der Waals surface area (Å²) in [5.41, 5.74) is 5.98. The third kappa shape index (κ3) is 4.42. The Hall–Kier alpha value is -2.96. The van der Waals surface area contributed by atoms with E-state index in [1.807, 2.05) is 25.1 Å². The Bertz CT molecular complexity index is 964. The van der Waals surface area contributed by atoms with E-state index in [4.69, 9.17) is 5.21 Å². The minimum Gasteiger partial charge on any atom is -0.345 e. The minimum absolute atomic E-state index is 0.194. The SMILES string of the molecule is Cc1ccc(-c2cccc(C(C)NC(=O)c3ccc(C(=O)NO)s3)c2)cc1. The number of benzene rings is 2. The fourth-order valence-electron chi connectivity index (χ4n) is 2.72. The largest absolute Gasteiger partial charge is 0.345 e. The van der Waals surface area contributed by atoms with Gasteiger partial charge in [0, 0.05) is 0 Å². The molecule has 1 heterocycles. The highest BCUT2D eigenvalue weighted by molar-refractivity contribution is 7.15. The number of rotatable bonds is 5. The first-order chi connectivity index (χ1) is 13.0. The summed E-state index contributed by atoms with van der Waals surface area (Å²) in [5.74, 6) is -0.886. The van der Waals surface area contributed by atoms with Crippen LogP contribution in [0.1, 0.15) is 43.4 Å². The van der Waals surface area contributed by atoms with Gasteiger partial charge in [0.05, 0.1) is 15.8 Å². The third-order valence-corrected chi connectivity index (χ3v) is 5.36. The molecule has 0 aliphatic heterocycles. The first-order valence-electron chi connectivity index (χ1n) is 8.50. The molecule has 5 nitrogen and oxygen atoms in total. The first kappa shape index (κ1) is 18.8. The maximum Gasteiger partial charge on any atom is 0.284 e. The van der Waals surface area contributed by atoms with E-state index in [2.05, 4.69) is 42.6 Å². The minimum atomic E-state index is -0.627. The van der Waals surface area contributed by atoms with Crippen LogP contribution in [-0.2, 0) is 0 Å². The van der Waals surface area contributed by atoms with Crippen molar-refractivity contribution in [2.24, 2.45) is 0 Å². The number of hydrogen-bond donors (Lipinski definition) is 3. The van der Waals surface area contributed by atoms with Crippen molar-refractivity contribution in [2.75, 3.05) is 0 Å². The monoisotopic (exact) mass is 380 g/mol. The van der Waals surface area contributed by atoms with Gasteiger partial charge in [-0.05, 0) is 48.7 Å². The zero-order valence-corrected chi connectivity index (χ0v) is 15.8. The standard InChI is InChI=1S/C21H20N2O3S/c1-13-6-8-15(9-7-13)17-5-3-4-16(12-17)14(2)22-20(24)18-10-11-19(27-18)21(25)23-26/h3-12,14,26H,1-2H3,(H,22,24)(H,23,25). The van der Waals surface area contributed by atoms with Crippen molar-refractivity contribution in [1.29, 1.82) is 0 Å². The van der Waals surface area contributed by atoms with Crippen molar-refractivity contribution in [1.82, 2.24) is 10.8 Å². The van der Waals surface area contributed by atoms with Gasteiger partial charge in [-0.3, -0.25) is 14.8 Å². The third-order valence-electron chi connectivity index (χ3n) is 4.27. The molecule has 0 saturated heterocycles. The van der Waals surface area contributed by atoms with E-state index in [0.29, 0.717) is 4.88 Å². The predicted molar refractivity (Wildman–Crippen MR) is 106 cm³/mol. The molecule has 0 aliphatic carbocycles. The molecule has 3 N–H and O–H groups in total. The molecule has 0 radical (unpaired) electrons. The highest BCUT2D eigenvalue weighted by atomic mass is 32.1. The van der Waals surface area contributed by atoms with Gasteiger partial charge in [0.15, 0.2) is 0 Å².